The number of ether oxygens (including phenoxy) is 2. The van der Waals surface area contributed by atoms with Crippen LogP contribution in [0.4, 0.5) is 11.4 Å². The van der Waals surface area contributed by atoms with E-state index in [1.54, 1.807) is 22.0 Å². The number of hydrazone groups is 1. The topological polar surface area (TPSA) is 74.7 Å². The van der Waals surface area contributed by atoms with Gasteiger partial charge in [-0.15, -0.1) is 0 Å². The van der Waals surface area contributed by atoms with Crippen LogP contribution in [0.1, 0.15) is 6.42 Å². The van der Waals surface area contributed by atoms with E-state index in [2.05, 4.69) is 27.5 Å². The van der Waals surface area contributed by atoms with Gasteiger partial charge in [0.1, 0.15) is 0 Å². The quantitative estimate of drug-likeness (QED) is 0.399. The Morgan fingerprint density at radius 1 is 1.09 bits per heavy atom. The molecular weight excluding hydrogens is 571 g/mol. The normalized spacial score (nSPS) is 25.2. The highest BCUT2D eigenvalue weighted by Crippen LogP contribution is 2.47. The lowest BCUT2D eigenvalue weighted by molar-refractivity contribution is -0.139. The molecule has 0 aromatic heterocycles. The van der Waals surface area contributed by atoms with Crippen LogP contribution in [0.25, 0.3) is 0 Å². The van der Waals surface area contributed by atoms with Crippen LogP contribution >= 0.6 is 34.2 Å². The van der Waals surface area contributed by atoms with Crippen LogP contribution in [-0.4, -0.2) is 68.1 Å². The minimum atomic E-state index is -1.22. The van der Waals surface area contributed by atoms with Gasteiger partial charge in [0.25, 0.3) is 5.91 Å². The van der Waals surface area contributed by atoms with Crippen molar-refractivity contribution in [3.05, 3.63) is 57.1 Å². The van der Waals surface area contributed by atoms with Gasteiger partial charge in [-0.25, -0.2) is 9.80 Å². The Balaban J connectivity index is 1.68. The zero-order valence-corrected chi connectivity index (χ0v) is 21.5. The standard InChI is InChI=1S/C24H24ClIN4O4/c1-33-22(31)21-20-10-11-29(18-8-4-17(26)5-9-18)23(32)24(20,28-12-14-34-15-13-28)30(27-21)19-6-2-16(25)3-7-19/h2-9,20H,10-15H2,1H3/t20-,24+/m0/s1. The Hall–Kier alpha value is -2.21. The van der Waals surface area contributed by atoms with Crippen LogP contribution in [0, 0.1) is 9.49 Å². The number of halogens is 2. The number of hydrogen-bond donors (Lipinski definition) is 0. The molecule has 3 aliphatic rings. The minimum absolute atomic E-state index is 0.121. The second-order valence-corrected chi connectivity index (χ2v) is 10.0. The van der Waals surface area contributed by atoms with E-state index in [4.69, 9.17) is 26.2 Å². The monoisotopic (exact) mass is 594 g/mol. The zero-order chi connectivity index (χ0) is 23.9. The van der Waals surface area contributed by atoms with E-state index in [1.165, 1.54) is 7.11 Å². The predicted octanol–water partition coefficient (Wildman–Crippen LogP) is 3.38. The first kappa shape index (κ1) is 23.5. The molecule has 178 valence electrons. The maximum atomic E-state index is 14.6. The Kier molecular flexibility index (Phi) is 6.54. The molecule has 2 aromatic carbocycles. The fourth-order valence-corrected chi connectivity index (χ4v) is 5.60. The molecule has 5 rings (SSSR count). The lowest BCUT2D eigenvalue weighted by Crippen LogP contribution is -2.74. The minimum Gasteiger partial charge on any atom is -0.464 e. The van der Waals surface area contributed by atoms with Crippen molar-refractivity contribution >= 4 is 63.2 Å². The lowest BCUT2D eigenvalue weighted by atomic mass is 9.79. The second-order valence-electron chi connectivity index (χ2n) is 8.37. The fourth-order valence-electron chi connectivity index (χ4n) is 5.11. The van der Waals surface area contributed by atoms with Crippen LogP contribution in [0.2, 0.25) is 5.02 Å². The number of carbonyl (C=O) groups excluding carboxylic acids is 2. The average molecular weight is 595 g/mol. The van der Waals surface area contributed by atoms with Crippen LogP contribution < -0.4 is 9.91 Å². The summed E-state index contributed by atoms with van der Waals surface area (Å²) in [5.41, 5.74) is 0.541. The Morgan fingerprint density at radius 2 is 1.74 bits per heavy atom. The molecule has 0 bridgehead atoms. The highest BCUT2D eigenvalue weighted by atomic mass is 127. The summed E-state index contributed by atoms with van der Waals surface area (Å²) in [6.07, 6.45) is 0.563. The van der Waals surface area contributed by atoms with Crippen LogP contribution in [0.15, 0.2) is 53.6 Å². The number of fused-ring (bicyclic) bond motifs is 1. The van der Waals surface area contributed by atoms with E-state index in [0.717, 1.165) is 9.26 Å². The van der Waals surface area contributed by atoms with Gasteiger partial charge in [-0.05, 0) is 77.5 Å². The first-order chi connectivity index (χ1) is 16.5. The van der Waals surface area contributed by atoms with Gasteiger partial charge < -0.3 is 14.4 Å². The molecule has 2 atom stereocenters. The van der Waals surface area contributed by atoms with Crippen molar-refractivity contribution in [2.24, 2.45) is 11.0 Å². The summed E-state index contributed by atoms with van der Waals surface area (Å²) >= 11 is 8.40. The van der Waals surface area contributed by atoms with E-state index in [1.807, 2.05) is 36.4 Å². The number of morpholine rings is 1. The first-order valence-electron chi connectivity index (χ1n) is 11.1. The van der Waals surface area contributed by atoms with Crippen molar-refractivity contribution < 1.29 is 19.1 Å². The van der Waals surface area contributed by atoms with E-state index in [0.29, 0.717) is 50.0 Å². The summed E-state index contributed by atoms with van der Waals surface area (Å²) in [5.74, 6) is -1.10. The summed E-state index contributed by atoms with van der Waals surface area (Å²) in [4.78, 5) is 31.3. The Bertz CT molecular complexity index is 1120. The first-order valence-corrected chi connectivity index (χ1v) is 12.6. The van der Waals surface area contributed by atoms with Gasteiger partial charge in [-0.2, -0.15) is 5.10 Å². The number of piperidine rings is 1. The molecule has 0 spiro atoms. The van der Waals surface area contributed by atoms with E-state index in [-0.39, 0.29) is 11.6 Å². The van der Waals surface area contributed by atoms with Crippen molar-refractivity contribution in [1.29, 1.82) is 0 Å². The summed E-state index contributed by atoms with van der Waals surface area (Å²) in [6, 6.07) is 15.0. The molecule has 8 nitrogen and oxygen atoms in total. The van der Waals surface area contributed by atoms with Crippen molar-refractivity contribution in [2.45, 2.75) is 12.1 Å². The molecule has 0 unspecified atom stereocenters. The molecule has 2 fully saturated rings. The molecule has 2 aromatic rings. The molecule has 10 heteroatoms. The fraction of sp³-hybridized carbons (Fsp3) is 0.375. The molecule has 3 aliphatic heterocycles. The number of amides is 1. The van der Waals surface area contributed by atoms with Gasteiger partial charge >= 0.3 is 5.97 Å². The predicted molar refractivity (Wildman–Crippen MR) is 138 cm³/mol. The van der Waals surface area contributed by atoms with Crippen molar-refractivity contribution in [2.75, 3.05) is 49.9 Å². The largest absolute Gasteiger partial charge is 0.464 e. The zero-order valence-electron chi connectivity index (χ0n) is 18.6. The summed E-state index contributed by atoms with van der Waals surface area (Å²) in [6.45, 7) is 2.54. The molecule has 1 amide bonds. The maximum absolute atomic E-state index is 14.6. The molecule has 0 aliphatic carbocycles. The smallest absolute Gasteiger partial charge is 0.354 e. The third-order valence-electron chi connectivity index (χ3n) is 6.65. The third kappa shape index (κ3) is 3.78. The Labute approximate surface area is 216 Å². The van der Waals surface area contributed by atoms with Gasteiger partial charge in [0.2, 0.25) is 5.66 Å². The molecular formula is C24H24ClIN4O4. The van der Waals surface area contributed by atoms with Gasteiger partial charge in [-0.1, -0.05) is 11.6 Å². The number of carbonyl (C=O) groups is 2. The summed E-state index contributed by atoms with van der Waals surface area (Å²) in [5, 5.41) is 7.02. The number of esters is 1. The molecule has 0 radical (unpaired) electrons. The van der Waals surface area contributed by atoms with Gasteiger partial charge in [0.15, 0.2) is 5.71 Å². The molecule has 2 saturated heterocycles. The number of benzene rings is 2. The third-order valence-corrected chi connectivity index (χ3v) is 7.62. The molecule has 34 heavy (non-hydrogen) atoms. The maximum Gasteiger partial charge on any atom is 0.354 e. The highest BCUT2D eigenvalue weighted by Gasteiger charge is 2.65. The lowest BCUT2D eigenvalue weighted by Gasteiger charge is -2.53. The Morgan fingerprint density at radius 3 is 2.38 bits per heavy atom. The van der Waals surface area contributed by atoms with Crippen molar-refractivity contribution in [3.8, 4) is 0 Å². The highest BCUT2D eigenvalue weighted by molar-refractivity contribution is 14.1. The number of hydrogen-bond acceptors (Lipinski definition) is 7. The van der Waals surface area contributed by atoms with Gasteiger partial charge in [-0.3, -0.25) is 9.69 Å². The number of anilines is 2. The van der Waals surface area contributed by atoms with Crippen molar-refractivity contribution in [1.82, 2.24) is 4.90 Å². The van der Waals surface area contributed by atoms with Gasteiger partial charge in [0, 0.05) is 33.9 Å². The van der Waals surface area contributed by atoms with Crippen LogP contribution in [0.3, 0.4) is 0 Å². The number of rotatable bonds is 4. The van der Waals surface area contributed by atoms with Crippen molar-refractivity contribution in [3.63, 3.8) is 0 Å². The molecule has 0 saturated carbocycles. The molecule has 0 N–H and O–H groups in total. The average Bonchev–Trinajstić information content (AvgIpc) is 3.22. The van der Waals surface area contributed by atoms with Crippen LogP contribution in [0.5, 0.6) is 0 Å². The van der Waals surface area contributed by atoms with Crippen LogP contribution in [-0.2, 0) is 19.1 Å². The van der Waals surface area contributed by atoms with E-state index >= 15 is 0 Å². The number of nitrogens with zero attached hydrogens (tertiary/aromatic N) is 4. The molecule has 3 heterocycles. The van der Waals surface area contributed by atoms with E-state index in [9.17, 15) is 9.59 Å². The SMILES string of the molecule is COC(=O)C1=NN(c2ccc(Cl)cc2)[C@@]2(N3CCOCC3)C(=O)N(c3ccc(I)cc3)CC[C@@H]12. The summed E-state index contributed by atoms with van der Waals surface area (Å²) < 4.78 is 11.8. The van der Waals surface area contributed by atoms with Gasteiger partial charge in [0.05, 0.1) is 31.9 Å². The van der Waals surface area contributed by atoms with E-state index < -0.39 is 17.6 Å². The number of methoxy groups -OCH3 is 1. The second kappa shape index (κ2) is 9.44. The summed E-state index contributed by atoms with van der Waals surface area (Å²) in [7, 11) is 1.34.